The summed E-state index contributed by atoms with van der Waals surface area (Å²) < 4.78 is 5.36. The number of carbonyl (C=O) groups excluding carboxylic acids is 1. The zero-order valence-corrected chi connectivity index (χ0v) is 11.3. The monoisotopic (exact) mass is 274 g/mol. The Morgan fingerprint density at radius 2 is 2.40 bits per heavy atom. The van der Waals surface area contributed by atoms with E-state index in [2.05, 4.69) is 10.3 Å². The zero-order valence-electron chi connectivity index (χ0n) is 11.3. The first-order valence-corrected chi connectivity index (χ1v) is 6.78. The van der Waals surface area contributed by atoms with Gasteiger partial charge in [-0.05, 0) is 19.1 Å². The van der Waals surface area contributed by atoms with Gasteiger partial charge in [0.2, 0.25) is 0 Å². The number of para-hydroxylation sites is 1. The number of hydrogen-bond acceptors (Lipinski definition) is 3. The van der Waals surface area contributed by atoms with Gasteiger partial charge in [-0.1, -0.05) is 12.1 Å². The van der Waals surface area contributed by atoms with Crippen molar-refractivity contribution >= 4 is 16.8 Å². The fourth-order valence-corrected chi connectivity index (χ4v) is 2.61. The topological polar surface area (TPSA) is 74.3 Å². The van der Waals surface area contributed by atoms with E-state index in [0.29, 0.717) is 18.6 Å². The minimum absolute atomic E-state index is 0.189. The van der Waals surface area contributed by atoms with Gasteiger partial charge in [-0.15, -0.1) is 0 Å². The van der Waals surface area contributed by atoms with Gasteiger partial charge < -0.3 is 20.1 Å². The summed E-state index contributed by atoms with van der Waals surface area (Å²) in [7, 11) is 0. The van der Waals surface area contributed by atoms with Crippen molar-refractivity contribution < 1.29 is 14.6 Å². The molecule has 3 rings (SSSR count). The van der Waals surface area contributed by atoms with Gasteiger partial charge in [0.1, 0.15) is 5.60 Å². The van der Waals surface area contributed by atoms with Crippen LogP contribution in [0.15, 0.2) is 30.5 Å². The molecular formula is C15H18N2O3. The minimum Gasteiger partial charge on any atom is -0.385 e. The molecule has 0 saturated carbocycles. The van der Waals surface area contributed by atoms with E-state index >= 15 is 0 Å². The van der Waals surface area contributed by atoms with Gasteiger partial charge in [0, 0.05) is 31.2 Å². The summed E-state index contributed by atoms with van der Waals surface area (Å²) in [6, 6.07) is 7.49. The number of H-pyrrole nitrogens is 1. The molecule has 3 N–H and O–H groups in total. The third-order valence-corrected chi connectivity index (χ3v) is 4.05. The maximum atomic E-state index is 12.3. The third kappa shape index (κ3) is 2.19. The van der Waals surface area contributed by atoms with E-state index < -0.39 is 5.60 Å². The molecule has 0 radical (unpaired) electrons. The minimum atomic E-state index is -0.973. The highest BCUT2D eigenvalue weighted by molar-refractivity contribution is 6.05. The maximum Gasteiger partial charge on any atom is 0.253 e. The SMILES string of the molecule is CC1OCCC1(O)CNC(=O)c1cccc2cc[nH]c12. The second-order valence-corrected chi connectivity index (χ2v) is 5.30. The average Bonchev–Trinajstić information content (AvgIpc) is 3.04. The first-order valence-electron chi connectivity index (χ1n) is 6.78. The van der Waals surface area contributed by atoms with Gasteiger partial charge in [-0.3, -0.25) is 4.79 Å². The maximum absolute atomic E-state index is 12.3. The lowest BCUT2D eigenvalue weighted by Gasteiger charge is -2.26. The third-order valence-electron chi connectivity index (χ3n) is 4.05. The number of amides is 1. The summed E-state index contributed by atoms with van der Waals surface area (Å²) in [4.78, 5) is 15.3. The van der Waals surface area contributed by atoms with Crippen LogP contribution in [0.1, 0.15) is 23.7 Å². The normalized spacial score (nSPS) is 26.0. The first-order chi connectivity index (χ1) is 9.60. The fraction of sp³-hybridized carbons (Fsp3) is 0.400. The fourth-order valence-electron chi connectivity index (χ4n) is 2.61. The molecule has 2 atom stereocenters. The number of fused-ring (bicyclic) bond motifs is 1. The highest BCUT2D eigenvalue weighted by Gasteiger charge is 2.39. The van der Waals surface area contributed by atoms with Crippen LogP contribution < -0.4 is 5.32 Å². The van der Waals surface area contributed by atoms with Gasteiger partial charge >= 0.3 is 0 Å². The smallest absolute Gasteiger partial charge is 0.253 e. The highest BCUT2D eigenvalue weighted by Crippen LogP contribution is 2.25. The van der Waals surface area contributed by atoms with Crippen molar-refractivity contribution in [3.8, 4) is 0 Å². The van der Waals surface area contributed by atoms with Crippen LogP contribution in [0, 0.1) is 0 Å². The second kappa shape index (κ2) is 4.92. The van der Waals surface area contributed by atoms with Crippen LogP contribution in [-0.4, -0.2) is 40.9 Å². The van der Waals surface area contributed by atoms with Gasteiger partial charge in [0.15, 0.2) is 0 Å². The summed E-state index contributed by atoms with van der Waals surface area (Å²) in [5.74, 6) is -0.189. The molecule has 1 aromatic carbocycles. The van der Waals surface area contributed by atoms with Crippen molar-refractivity contribution in [1.29, 1.82) is 0 Å². The van der Waals surface area contributed by atoms with E-state index in [4.69, 9.17) is 4.74 Å². The van der Waals surface area contributed by atoms with Crippen LogP contribution in [0.2, 0.25) is 0 Å². The first kappa shape index (κ1) is 13.1. The summed E-state index contributed by atoms with van der Waals surface area (Å²) >= 11 is 0. The standard InChI is InChI=1S/C15H18N2O3/c1-10-15(19,6-8-20-10)9-17-14(18)12-4-2-3-11-5-7-16-13(11)12/h2-5,7,10,16,19H,6,8-9H2,1H3,(H,17,18). The van der Waals surface area contributed by atoms with Crippen molar-refractivity contribution in [2.24, 2.45) is 0 Å². The Kier molecular flexibility index (Phi) is 3.23. The van der Waals surface area contributed by atoms with Gasteiger partial charge in [-0.25, -0.2) is 0 Å². The number of aromatic nitrogens is 1. The molecule has 1 aliphatic heterocycles. The Hall–Kier alpha value is -1.85. The second-order valence-electron chi connectivity index (χ2n) is 5.30. The number of hydrogen-bond donors (Lipinski definition) is 3. The molecular weight excluding hydrogens is 256 g/mol. The van der Waals surface area contributed by atoms with Crippen molar-refractivity contribution in [2.75, 3.05) is 13.2 Å². The van der Waals surface area contributed by atoms with E-state index in [-0.39, 0.29) is 18.6 Å². The molecule has 2 unspecified atom stereocenters. The lowest BCUT2D eigenvalue weighted by Crippen LogP contribution is -2.47. The Morgan fingerprint density at radius 3 is 3.15 bits per heavy atom. The zero-order chi connectivity index (χ0) is 14.2. The number of ether oxygens (including phenoxy) is 1. The molecule has 106 valence electrons. The number of carbonyl (C=O) groups is 1. The Labute approximate surface area is 116 Å². The molecule has 2 heterocycles. The molecule has 1 fully saturated rings. The largest absolute Gasteiger partial charge is 0.385 e. The highest BCUT2D eigenvalue weighted by atomic mass is 16.5. The van der Waals surface area contributed by atoms with E-state index in [9.17, 15) is 9.90 Å². The van der Waals surface area contributed by atoms with E-state index in [1.807, 2.05) is 31.3 Å². The van der Waals surface area contributed by atoms with Crippen LogP contribution in [0.3, 0.4) is 0 Å². The number of benzene rings is 1. The molecule has 2 aromatic rings. The van der Waals surface area contributed by atoms with Gasteiger partial charge in [-0.2, -0.15) is 0 Å². The van der Waals surface area contributed by atoms with Crippen LogP contribution in [-0.2, 0) is 4.74 Å². The molecule has 1 saturated heterocycles. The molecule has 1 amide bonds. The Morgan fingerprint density at radius 1 is 1.55 bits per heavy atom. The van der Waals surface area contributed by atoms with Crippen LogP contribution in [0.4, 0.5) is 0 Å². The summed E-state index contributed by atoms with van der Waals surface area (Å²) in [6.45, 7) is 2.55. The molecule has 0 spiro atoms. The van der Waals surface area contributed by atoms with Gasteiger partial charge in [0.05, 0.1) is 17.2 Å². The lowest BCUT2D eigenvalue weighted by molar-refractivity contribution is -0.0251. The van der Waals surface area contributed by atoms with Crippen molar-refractivity contribution in [2.45, 2.75) is 25.0 Å². The molecule has 0 bridgehead atoms. The van der Waals surface area contributed by atoms with Gasteiger partial charge in [0.25, 0.3) is 5.91 Å². The van der Waals surface area contributed by atoms with Crippen molar-refractivity contribution in [3.05, 3.63) is 36.0 Å². The van der Waals surface area contributed by atoms with Crippen LogP contribution in [0.5, 0.6) is 0 Å². The lowest BCUT2D eigenvalue weighted by atomic mass is 9.96. The van der Waals surface area contributed by atoms with E-state index in [1.165, 1.54) is 0 Å². The predicted octanol–water partition coefficient (Wildman–Crippen LogP) is 1.44. The quantitative estimate of drug-likeness (QED) is 0.793. The Bertz CT molecular complexity index is 637. The number of aromatic amines is 1. The molecule has 0 aliphatic carbocycles. The number of aliphatic hydroxyl groups is 1. The van der Waals surface area contributed by atoms with Crippen LogP contribution in [0.25, 0.3) is 10.9 Å². The molecule has 1 aliphatic rings. The molecule has 5 nitrogen and oxygen atoms in total. The van der Waals surface area contributed by atoms with Crippen molar-refractivity contribution in [3.63, 3.8) is 0 Å². The summed E-state index contributed by atoms with van der Waals surface area (Å²) in [5, 5.41) is 14.2. The van der Waals surface area contributed by atoms with Crippen molar-refractivity contribution in [1.82, 2.24) is 10.3 Å². The number of nitrogens with one attached hydrogen (secondary N) is 2. The predicted molar refractivity (Wildman–Crippen MR) is 75.6 cm³/mol. The molecule has 1 aromatic heterocycles. The molecule has 20 heavy (non-hydrogen) atoms. The van der Waals surface area contributed by atoms with E-state index in [0.717, 1.165) is 10.9 Å². The van der Waals surface area contributed by atoms with Crippen LogP contribution >= 0.6 is 0 Å². The average molecular weight is 274 g/mol. The van der Waals surface area contributed by atoms with E-state index in [1.54, 1.807) is 6.07 Å². The molecule has 5 heteroatoms. The number of rotatable bonds is 3. The summed E-state index contributed by atoms with van der Waals surface area (Å²) in [6.07, 6.45) is 2.09. The Balaban J connectivity index is 1.75. The summed E-state index contributed by atoms with van der Waals surface area (Å²) in [5.41, 5.74) is 0.426.